The summed E-state index contributed by atoms with van der Waals surface area (Å²) in [7, 11) is 0. The molecule has 0 aliphatic heterocycles. The first-order chi connectivity index (χ1) is 14.4. The molecular weight excluding hydrogens is 380 g/mol. The van der Waals surface area contributed by atoms with Crippen LogP contribution in [-0.2, 0) is 4.79 Å². The molecular formula is C23H30N4O3. The monoisotopic (exact) mass is 410 g/mol. The molecule has 160 valence electrons. The van der Waals surface area contributed by atoms with Gasteiger partial charge in [0.2, 0.25) is 5.91 Å². The second-order valence-corrected chi connectivity index (χ2v) is 7.10. The number of nitrogens with one attached hydrogen (secondary N) is 4. The molecule has 4 N–H and O–H groups in total. The van der Waals surface area contributed by atoms with Crippen molar-refractivity contribution in [3.8, 4) is 0 Å². The SMILES string of the molecule is CCCNC(=O)c1cccc(NCC(=O)Nc2ccc(C(=O)NC(C)CC)cc2)c1. The van der Waals surface area contributed by atoms with Crippen molar-refractivity contribution in [1.29, 1.82) is 0 Å². The molecule has 3 amide bonds. The van der Waals surface area contributed by atoms with Crippen LogP contribution in [0.5, 0.6) is 0 Å². The fourth-order valence-electron chi connectivity index (χ4n) is 2.61. The van der Waals surface area contributed by atoms with Crippen LogP contribution in [0.3, 0.4) is 0 Å². The van der Waals surface area contributed by atoms with Gasteiger partial charge in [0.15, 0.2) is 0 Å². The van der Waals surface area contributed by atoms with Gasteiger partial charge in [0.25, 0.3) is 11.8 Å². The van der Waals surface area contributed by atoms with E-state index in [1.807, 2.05) is 20.8 Å². The van der Waals surface area contributed by atoms with Crippen molar-refractivity contribution in [2.45, 2.75) is 39.7 Å². The fraction of sp³-hybridized carbons (Fsp3) is 0.348. The molecule has 1 atom stereocenters. The number of carbonyl (C=O) groups is 3. The lowest BCUT2D eigenvalue weighted by atomic mass is 10.1. The third-order valence-electron chi connectivity index (χ3n) is 4.53. The molecule has 0 fully saturated rings. The average molecular weight is 411 g/mol. The first kappa shape index (κ1) is 22.9. The first-order valence-electron chi connectivity index (χ1n) is 10.3. The van der Waals surface area contributed by atoms with Crippen LogP contribution < -0.4 is 21.3 Å². The minimum Gasteiger partial charge on any atom is -0.376 e. The Labute approximate surface area is 177 Å². The van der Waals surface area contributed by atoms with Crippen molar-refractivity contribution in [2.24, 2.45) is 0 Å². The Bertz CT molecular complexity index is 865. The van der Waals surface area contributed by atoms with E-state index in [0.717, 1.165) is 12.8 Å². The minimum absolute atomic E-state index is 0.0519. The maximum absolute atomic E-state index is 12.2. The van der Waals surface area contributed by atoms with Gasteiger partial charge in [0.1, 0.15) is 0 Å². The lowest BCUT2D eigenvalue weighted by Crippen LogP contribution is -2.31. The summed E-state index contributed by atoms with van der Waals surface area (Å²) in [6, 6.07) is 13.9. The van der Waals surface area contributed by atoms with Gasteiger partial charge in [-0.2, -0.15) is 0 Å². The highest BCUT2D eigenvalue weighted by Gasteiger charge is 2.10. The maximum Gasteiger partial charge on any atom is 0.251 e. The summed E-state index contributed by atoms with van der Waals surface area (Å²) < 4.78 is 0. The summed E-state index contributed by atoms with van der Waals surface area (Å²) in [5.74, 6) is -0.498. The lowest BCUT2D eigenvalue weighted by Gasteiger charge is -2.12. The third-order valence-corrected chi connectivity index (χ3v) is 4.53. The fourth-order valence-corrected chi connectivity index (χ4v) is 2.61. The van der Waals surface area contributed by atoms with Crippen LogP contribution in [0.15, 0.2) is 48.5 Å². The number of hydrogen-bond acceptors (Lipinski definition) is 4. The Kier molecular flexibility index (Phi) is 8.87. The number of amides is 3. The van der Waals surface area contributed by atoms with Crippen molar-refractivity contribution in [3.05, 3.63) is 59.7 Å². The Morgan fingerprint density at radius 1 is 0.900 bits per heavy atom. The summed E-state index contributed by atoms with van der Waals surface area (Å²) in [4.78, 5) is 36.4. The van der Waals surface area contributed by atoms with E-state index in [1.165, 1.54) is 0 Å². The molecule has 30 heavy (non-hydrogen) atoms. The molecule has 0 aliphatic rings. The van der Waals surface area contributed by atoms with Crippen LogP contribution in [0.4, 0.5) is 11.4 Å². The van der Waals surface area contributed by atoms with Gasteiger partial charge in [-0.15, -0.1) is 0 Å². The van der Waals surface area contributed by atoms with Crippen LogP contribution >= 0.6 is 0 Å². The maximum atomic E-state index is 12.2. The van der Waals surface area contributed by atoms with Crippen LogP contribution in [0.25, 0.3) is 0 Å². The normalized spacial score (nSPS) is 11.3. The molecule has 7 heteroatoms. The Morgan fingerprint density at radius 3 is 2.30 bits per heavy atom. The second kappa shape index (κ2) is 11.6. The number of benzene rings is 2. The van der Waals surface area contributed by atoms with E-state index in [4.69, 9.17) is 0 Å². The average Bonchev–Trinajstić information content (AvgIpc) is 2.76. The molecule has 0 aromatic heterocycles. The van der Waals surface area contributed by atoms with Crippen molar-refractivity contribution in [3.63, 3.8) is 0 Å². The molecule has 0 heterocycles. The first-order valence-corrected chi connectivity index (χ1v) is 10.3. The van der Waals surface area contributed by atoms with Gasteiger partial charge in [-0.25, -0.2) is 0 Å². The molecule has 0 radical (unpaired) electrons. The van der Waals surface area contributed by atoms with Crippen molar-refractivity contribution in [2.75, 3.05) is 23.7 Å². The quantitative estimate of drug-likeness (QED) is 0.482. The molecule has 0 bridgehead atoms. The van der Waals surface area contributed by atoms with Crippen LogP contribution in [0.2, 0.25) is 0 Å². The highest BCUT2D eigenvalue weighted by molar-refractivity contribution is 5.97. The van der Waals surface area contributed by atoms with Gasteiger partial charge in [-0.05, 0) is 62.2 Å². The van der Waals surface area contributed by atoms with Crippen LogP contribution in [0, 0.1) is 0 Å². The topological polar surface area (TPSA) is 99.3 Å². The third kappa shape index (κ3) is 7.24. The summed E-state index contributed by atoms with van der Waals surface area (Å²) >= 11 is 0. The van der Waals surface area contributed by atoms with Crippen molar-refractivity contribution < 1.29 is 14.4 Å². The summed E-state index contributed by atoms with van der Waals surface area (Å²) in [5.41, 5.74) is 2.38. The zero-order chi connectivity index (χ0) is 21.9. The van der Waals surface area contributed by atoms with Gasteiger partial charge in [-0.1, -0.05) is 19.9 Å². The zero-order valence-corrected chi connectivity index (χ0v) is 17.7. The molecule has 0 spiro atoms. The Hall–Kier alpha value is -3.35. The van der Waals surface area contributed by atoms with Gasteiger partial charge in [-0.3, -0.25) is 14.4 Å². The van der Waals surface area contributed by atoms with E-state index in [0.29, 0.717) is 29.0 Å². The molecule has 1 unspecified atom stereocenters. The van der Waals surface area contributed by atoms with Crippen molar-refractivity contribution >= 4 is 29.1 Å². The van der Waals surface area contributed by atoms with Gasteiger partial charge >= 0.3 is 0 Å². The summed E-state index contributed by atoms with van der Waals surface area (Å²) in [6.45, 7) is 6.63. The summed E-state index contributed by atoms with van der Waals surface area (Å²) in [5, 5.41) is 11.5. The highest BCUT2D eigenvalue weighted by Crippen LogP contribution is 2.12. The lowest BCUT2D eigenvalue weighted by molar-refractivity contribution is -0.114. The molecule has 2 aromatic rings. The number of hydrogen-bond donors (Lipinski definition) is 4. The van der Waals surface area contributed by atoms with E-state index < -0.39 is 0 Å². The number of anilines is 2. The van der Waals surface area contributed by atoms with E-state index in [1.54, 1.807) is 48.5 Å². The zero-order valence-electron chi connectivity index (χ0n) is 17.7. The van der Waals surface area contributed by atoms with Crippen LogP contribution in [0.1, 0.15) is 54.3 Å². The number of carbonyl (C=O) groups excluding carboxylic acids is 3. The summed E-state index contributed by atoms with van der Waals surface area (Å²) in [6.07, 6.45) is 1.73. The second-order valence-electron chi connectivity index (χ2n) is 7.10. The predicted octanol–water partition coefficient (Wildman–Crippen LogP) is 3.41. The van der Waals surface area contributed by atoms with E-state index in [2.05, 4.69) is 21.3 Å². The van der Waals surface area contributed by atoms with Gasteiger partial charge in [0, 0.05) is 35.1 Å². The molecule has 0 saturated heterocycles. The highest BCUT2D eigenvalue weighted by atomic mass is 16.2. The van der Waals surface area contributed by atoms with E-state index in [9.17, 15) is 14.4 Å². The molecule has 2 aromatic carbocycles. The molecule has 7 nitrogen and oxygen atoms in total. The minimum atomic E-state index is -0.229. The van der Waals surface area contributed by atoms with Crippen molar-refractivity contribution in [1.82, 2.24) is 10.6 Å². The standard InChI is InChI=1S/C23H30N4O3/c1-4-13-24-22(29)18-7-6-8-20(14-18)25-15-21(28)27-19-11-9-17(10-12-19)23(30)26-16(3)5-2/h6-12,14,16,25H,4-5,13,15H2,1-3H3,(H,24,29)(H,26,30)(H,27,28). The van der Waals surface area contributed by atoms with Gasteiger partial charge in [0.05, 0.1) is 6.54 Å². The molecule has 2 rings (SSSR count). The van der Waals surface area contributed by atoms with Gasteiger partial charge < -0.3 is 21.3 Å². The van der Waals surface area contributed by atoms with Crippen LogP contribution in [-0.4, -0.2) is 36.9 Å². The predicted molar refractivity (Wildman–Crippen MR) is 120 cm³/mol. The molecule has 0 aliphatic carbocycles. The molecule has 0 saturated carbocycles. The number of rotatable bonds is 10. The smallest absolute Gasteiger partial charge is 0.251 e. The van der Waals surface area contributed by atoms with E-state index in [-0.39, 0.29) is 30.3 Å². The Balaban J connectivity index is 1.86. The Morgan fingerprint density at radius 2 is 1.63 bits per heavy atom. The van der Waals surface area contributed by atoms with E-state index >= 15 is 0 Å². The largest absolute Gasteiger partial charge is 0.376 e.